The van der Waals surface area contributed by atoms with Crippen molar-refractivity contribution in [3.8, 4) is 0 Å². The molecule has 1 aliphatic rings. The van der Waals surface area contributed by atoms with Crippen LogP contribution in [0, 0.1) is 0 Å². The molecule has 0 saturated heterocycles. The SMILES string of the molecule is CC(O)CN(C)c1ncc(CNC2CC2)cn1. The zero-order valence-electron chi connectivity index (χ0n) is 10.4. The molecule has 5 heteroatoms. The summed E-state index contributed by atoms with van der Waals surface area (Å²) < 4.78 is 0. The number of nitrogens with one attached hydrogen (secondary N) is 1. The largest absolute Gasteiger partial charge is 0.392 e. The lowest BCUT2D eigenvalue weighted by atomic mass is 10.3. The smallest absolute Gasteiger partial charge is 0.225 e. The van der Waals surface area contributed by atoms with Crippen molar-refractivity contribution in [2.45, 2.75) is 38.5 Å². The van der Waals surface area contributed by atoms with E-state index in [-0.39, 0.29) is 6.10 Å². The van der Waals surface area contributed by atoms with Gasteiger partial charge in [-0.3, -0.25) is 0 Å². The molecule has 5 nitrogen and oxygen atoms in total. The summed E-state index contributed by atoms with van der Waals surface area (Å²) in [5.74, 6) is 0.654. The zero-order valence-corrected chi connectivity index (χ0v) is 10.4. The lowest BCUT2D eigenvalue weighted by Crippen LogP contribution is -2.28. The Morgan fingerprint density at radius 1 is 1.47 bits per heavy atom. The van der Waals surface area contributed by atoms with E-state index in [0.717, 1.165) is 12.1 Å². The quantitative estimate of drug-likeness (QED) is 0.755. The third-order valence-corrected chi connectivity index (χ3v) is 2.74. The maximum Gasteiger partial charge on any atom is 0.225 e. The Balaban J connectivity index is 1.87. The highest BCUT2D eigenvalue weighted by Gasteiger charge is 2.20. The number of hydrogen-bond donors (Lipinski definition) is 2. The molecule has 1 fully saturated rings. The first-order valence-corrected chi connectivity index (χ1v) is 6.08. The van der Waals surface area contributed by atoms with E-state index in [1.54, 1.807) is 6.92 Å². The van der Waals surface area contributed by atoms with Crippen molar-refractivity contribution >= 4 is 5.95 Å². The minimum absolute atomic E-state index is 0.375. The normalized spacial score (nSPS) is 16.9. The fraction of sp³-hybridized carbons (Fsp3) is 0.667. The van der Waals surface area contributed by atoms with Crippen LogP contribution in [-0.4, -0.2) is 40.8 Å². The van der Waals surface area contributed by atoms with Crippen LogP contribution in [0.2, 0.25) is 0 Å². The first kappa shape index (κ1) is 12.3. The van der Waals surface area contributed by atoms with Crippen LogP contribution in [0.25, 0.3) is 0 Å². The lowest BCUT2D eigenvalue weighted by molar-refractivity contribution is 0.201. The van der Waals surface area contributed by atoms with Gasteiger partial charge in [0.15, 0.2) is 0 Å². The van der Waals surface area contributed by atoms with Crippen LogP contribution in [0.4, 0.5) is 5.95 Å². The summed E-state index contributed by atoms with van der Waals surface area (Å²) in [5, 5.41) is 12.7. The van der Waals surface area contributed by atoms with Gasteiger partial charge in [0.25, 0.3) is 0 Å². The number of likely N-dealkylation sites (N-methyl/N-ethyl adjacent to an activating group) is 1. The molecule has 0 bridgehead atoms. The van der Waals surface area contributed by atoms with Gasteiger partial charge in [-0.25, -0.2) is 9.97 Å². The van der Waals surface area contributed by atoms with Crippen LogP contribution in [0.5, 0.6) is 0 Å². The van der Waals surface area contributed by atoms with Gasteiger partial charge in [-0.1, -0.05) is 0 Å². The number of nitrogens with zero attached hydrogens (tertiary/aromatic N) is 3. The van der Waals surface area contributed by atoms with Crippen molar-refractivity contribution in [1.29, 1.82) is 0 Å². The number of aromatic nitrogens is 2. The molecule has 0 radical (unpaired) electrons. The highest BCUT2D eigenvalue weighted by molar-refractivity contribution is 5.28. The molecule has 1 saturated carbocycles. The first-order chi connectivity index (χ1) is 8.15. The standard InChI is InChI=1S/C12H20N4O/c1-9(17)8-16(2)12-14-6-10(7-15-12)5-13-11-3-4-11/h6-7,9,11,13,17H,3-5,8H2,1-2H3. The average Bonchev–Trinajstić information content (AvgIpc) is 3.10. The monoisotopic (exact) mass is 236 g/mol. The molecule has 1 aromatic heterocycles. The molecule has 2 rings (SSSR count). The van der Waals surface area contributed by atoms with Crippen LogP contribution < -0.4 is 10.2 Å². The van der Waals surface area contributed by atoms with Crippen molar-refractivity contribution in [1.82, 2.24) is 15.3 Å². The Bertz CT molecular complexity index is 348. The summed E-state index contributed by atoms with van der Waals surface area (Å²) >= 11 is 0. The minimum Gasteiger partial charge on any atom is -0.392 e. The molecule has 2 N–H and O–H groups in total. The molecule has 1 aliphatic carbocycles. The maximum atomic E-state index is 9.28. The van der Waals surface area contributed by atoms with E-state index >= 15 is 0 Å². The Kier molecular flexibility index (Phi) is 3.91. The van der Waals surface area contributed by atoms with Crippen LogP contribution in [0.15, 0.2) is 12.4 Å². The second-order valence-corrected chi connectivity index (χ2v) is 4.78. The van der Waals surface area contributed by atoms with E-state index in [9.17, 15) is 5.11 Å². The topological polar surface area (TPSA) is 61.3 Å². The summed E-state index contributed by atoms with van der Waals surface area (Å²) in [6, 6.07) is 0.701. The summed E-state index contributed by atoms with van der Waals surface area (Å²) in [7, 11) is 1.88. The number of hydrogen-bond acceptors (Lipinski definition) is 5. The van der Waals surface area contributed by atoms with Gasteiger partial charge in [0.05, 0.1) is 6.10 Å². The Labute approximate surface area is 102 Å². The third kappa shape index (κ3) is 3.94. The lowest BCUT2D eigenvalue weighted by Gasteiger charge is -2.18. The Morgan fingerprint density at radius 2 is 2.12 bits per heavy atom. The molecule has 1 atom stereocenters. The van der Waals surface area contributed by atoms with Crippen molar-refractivity contribution < 1.29 is 5.11 Å². The van der Waals surface area contributed by atoms with Gasteiger partial charge < -0.3 is 15.3 Å². The third-order valence-electron chi connectivity index (χ3n) is 2.74. The molecule has 1 heterocycles. The van der Waals surface area contributed by atoms with Crippen LogP contribution in [-0.2, 0) is 6.54 Å². The van der Waals surface area contributed by atoms with Gasteiger partial charge in [-0.05, 0) is 19.8 Å². The van der Waals surface area contributed by atoms with E-state index in [2.05, 4.69) is 15.3 Å². The fourth-order valence-electron chi connectivity index (χ4n) is 1.66. The summed E-state index contributed by atoms with van der Waals surface area (Å²) in [5.41, 5.74) is 1.10. The van der Waals surface area contributed by atoms with Crippen molar-refractivity contribution in [3.63, 3.8) is 0 Å². The molecule has 0 aromatic carbocycles. The zero-order chi connectivity index (χ0) is 12.3. The summed E-state index contributed by atoms with van der Waals surface area (Å²) in [6.07, 6.45) is 5.89. The van der Waals surface area contributed by atoms with Gasteiger partial charge in [0.1, 0.15) is 0 Å². The molecule has 0 aliphatic heterocycles. The van der Waals surface area contributed by atoms with Gasteiger partial charge >= 0.3 is 0 Å². The molecule has 17 heavy (non-hydrogen) atoms. The minimum atomic E-state index is -0.375. The van der Waals surface area contributed by atoms with Crippen LogP contribution in [0.1, 0.15) is 25.3 Å². The second-order valence-electron chi connectivity index (χ2n) is 4.78. The number of rotatable bonds is 6. The van der Waals surface area contributed by atoms with Gasteiger partial charge in [0, 0.05) is 44.1 Å². The van der Waals surface area contributed by atoms with E-state index in [4.69, 9.17) is 0 Å². The summed E-state index contributed by atoms with van der Waals surface area (Å²) in [6.45, 7) is 3.13. The fourth-order valence-corrected chi connectivity index (χ4v) is 1.66. The molecular weight excluding hydrogens is 216 g/mol. The van der Waals surface area contributed by atoms with Crippen LogP contribution in [0.3, 0.4) is 0 Å². The van der Waals surface area contributed by atoms with Crippen molar-refractivity contribution in [2.24, 2.45) is 0 Å². The van der Waals surface area contributed by atoms with Gasteiger partial charge in [-0.15, -0.1) is 0 Å². The Hall–Kier alpha value is -1.20. The maximum absolute atomic E-state index is 9.28. The van der Waals surface area contributed by atoms with Crippen LogP contribution >= 0.6 is 0 Å². The molecule has 0 spiro atoms. The van der Waals surface area contributed by atoms with E-state index in [0.29, 0.717) is 18.5 Å². The number of anilines is 1. The molecule has 1 unspecified atom stereocenters. The highest BCUT2D eigenvalue weighted by atomic mass is 16.3. The molecule has 0 amide bonds. The molecule has 1 aromatic rings. The highest BCUT2D eigenvalue weighted by Crippen LogP contribution is 2.19. The van der Waals surface area contributed by atoms with Crippen molar-refractivity contribution in [3.05, 3.63) is 18.0 Å². The predicted octanol–water partition coefficient (Wildman–Crippen LogP) is 0.546. The van der Waals surface area contributed by atoms with E-state index in [1.165, 1.54) is 12.8 Å². The molecule has 94 valence electrons. The van der Waals surface area contributed by atoms with E-state index < -0.39 is 0 Å². The number of aliphatic hydroxyl groups excluding tert-OH is 1. The van der Waals surface area contributed by atoms with Gasteiger partial charge in [0.2, 0.25) is 5.95 Å². The van der Waals surface area contributed by atoms with Gasteiger partial charge in [-0.2, -0.15) is 0 Å². The average molecular weight is 236 g/mol. The number of aliphatic hydroxyl groups is 1. The van der Waals surface area contributed by atoms with Crippen molar-refractivity contribution in [2.75, 3.05) is 18.5 Å². The second kappa shape index (κ2) is 5.42. The first-order valence-electron chi connectivity index (χ1n) is 6.08. The predicted molar refractivity (Wildman–Crippen MR) is 66.8 cm³/mol. The van der Waals surface area contributed by atoms with E-state index in [1.807, 2.05) is 24.3 Å². The summed E-state index contributed by atoms with van der Waals surface area (Å²) in [4.78, 5) is 10.4. The molecular formula is C12H20N4O. The Morgan fingerprint density at radius 3 is 2.65 bits per heavy atom.